The van der Waals surface area contributed by atoms with Crippen LogP contribution < -0.4 is 0 Å². The minimum absolute atomic E-state index is 0.0741. The maximum atomic E-state index is 13.3. The third kappa shape index (κ3) is 3.91. The molecule has 0 saturated carbocycles. The fourth-order valence-corrected chi connectivity index (χ4v) is 1.89. The Morgan fingerprint density at radius 3 is 2.16 bits per heavy atom. The second-order valence-corrected chi connectivity index (χ2v) is 5.63. The van der Waals surface area contributed by atoms with Crippen LogP contribution in [0.15, 0.2) is 24.3 Å². The highest BCUT2D eigenvalue weighted by Crippen LogP contribution is 2.59. The van der Waals surface area contributed by atoms with Crippen LogP contribution in [0.4, 0.5) is 8.78 Å². The van der Waals surface area contributed by atoms with Crippen molar-refractivity contribution in [3.8, 4) is 0 Å². The number of aliphatic hydroxyl groups excluding tert-OH is 1. The molecule has 0 atom stereocenters. The summed E-state index contributed by atoms with van der Waals surface area (Å²) in [6.45, 7) is -0.575. The number of hydrogen-bond donors (Lipinski definition) is 3. The molecule has 0 aromatic heterocycles. The SMILES string of the molecule is O=C(CO)CCc1ccc(C(F)(F)P(=O)(O)O)cc1. The van der Waals surface area contributed by atoms with Crippen LogP contribution >= 0.6 is 7.60 Å². The topological polar surface area (TPSA) is 94.8 Å². The first-order valence-corrected chi connectivity index (χ1v) is 6.95. The molecule has 0 spiro atoms. The summed E-state index contributed by atoms with van der Waals surface area (Å²) in [6, 6.07) is 4.36. The Labute approximate surface area is 108 Å². The highest BCUT2D eigenvalue weighted by molar-refractivity contribution is 7.52. The molecule has 0 aliphatic heterocycles. The third-order valence-corrected chi connectivity index (χ3v) is 3.53. The van der Waals surface area contributed by atoms with Crippen molar-refractivity contribution >= 4 is 13.4 Å². The van der Waals surface area contributed by atoms with E-state index in [1.165, 1.54) is 12.1 Å². The Morgan fingerprint density at radius 1 is 1.21 bits per heavy atom. The number of aryl methyl sites for hydroxylation is 1. The predicted octanol–water partition coefficient (Wildman–Crippen LogP) is 1.41. The molecule has 0 unspecified atom stereocenters. The maximum absolute atomic E-state index is 13.3. The van der Waals surface area contributed by atoms with Gasteiger partial charge in [0.2, 0.25) is 0 Å². The first kappa shape index (κ1) is 15.9. The highest BCUT2D eigenvalue weighted by Gasteiger charge is 2.50. The number of alkyl halides is 2. The van der Waals surface area contributed by atoms with Gasteiger partial charge in [-0.05, 0) is 12.0 Å². The minimum Gasteiger partial charge on any atom is -0.389 e. The van der Waals surface area contributed by atoms with Crippen LogP contribution in [-0.4, -0.2) is 27.3 Å². The number of Topliss-reactive ketones (excluding diaryl/α,β-unsaturated/α-hetero) is 1. The molecule has 0 saturated heterocycles. The summed E-state index contributed by atoms with van der Waals surface area (Å²) in [7, 11) is -5.56. The molecule has 0 fully saturated rings. The van der Waals surface area contributed by atoms with Crippen LogP contribution in [0.2, 0.25) is 0 Å². The van der Waals surface area contributed by atoms with E-state index in [0.29, 0.717) is 5.56 Å². The molecule has 8 heteroatoms. The van der Waals surface area contributed by atoms with E-state index in [1.807, 2.05) is 0 Å². The third-order valence-electron chi connectivity index (χ3n) is 2.54. The quantitative estimate of drug-likeness (QED) is 0.689. The normalized spacial score (nSPS) is 12.5. The van der Waals surface area contributed by atoms with Crippen molar-refractivity contribution in [1.29, 1.82) is 0 Å². The molecule has 1 aromatic rings. The summed E-state index contributed by atoms with van der Waals surface area (Å²) < 4.78 is 37.3. The van der Waals surface area contributed by atoms with Crippen molar-refractivity contribution in [2.75, 3.05) is 6.61 Å². The van der Waals surface area contributed by atoms with E-state index in [4.69, 9.17) is 14.9 Å². The van der Waals surface area contributed by atoms with Crippen LogP contribution in [0.3, 0.4) is 0 Å². The van der Waals surface area contributed by atoms with E-state index in [2.05, 4.69) is 0 Å². The monoisotopic (exact) mass is 294 g/mol. The molecule has 19 heavy (non-hydrogen) atoms. The van der Waals surface area contributed by atoms with Crippen LogP contribution in [0.5, 0.6) is 0 Å². The molecule has 0 heterocycles. The zero-order valence-electron chi connectivity index (χ0n) is 9.79. The van der Waals surface area contributed by atoms with Gasteiger partial charge in [-0.25, -0.2) is 0 Å². The lowest BCUT2D eigenvalue weighted by Crippen LogP contribution is -2.13. The highest BCUT2D eigenvalue weighted by atomic mass is 31.2. The van der Waals surface area contributed by atoms with Gasteiger partial charge in [-0.3, -0.25) is 9.36 Å². The number of hydrogen-bond acceptors (Lipinski definition) is 3. The molecule has 0 radical (unpaired) electrons. The van der Waals surface area contributed by atoms with E-state index in [0.717, 1.165) is 12.1 Å². The average Bonchev–Trinajstić information content (AvgIpc) is 2.35. The predicted molar refractivity (Wildman–Crippen MR) is 62.8 cm³/mol. The van der Waals surface area contributed by atoms with E-state index in [9.17, 15) is 18.1 Å². The van der Waals surface area contributed by atoms with Gasteiger partial charge in [0.25, 0.3) is 0 Å². The van der Waals surface area contributed by atoms with Crippen LogP contribution in [0.25, 0.3) is 0 Å². The molecule has 1 aromatic carbocycles. The number of carbonyl (C=O) groups excluding carboxylic acids is 1. The molecule has 0 aliphatic rings. The summed E-state index contributed by atoms with van der Waals surface area (Å²) in [5.41, 5.74) is -4.45. The van der Waals surface area contributed by atoms with E-state index >= 15 is 0 Å². The van der Waals surface area contributed by atoms with Gasteiger partial charge in [0.05, 0.1) is 0 Å². The lowest BCUT2D eigenvalue weighted by Gasteiger charge is -2.18. The van der Waals surface area contributed by atoms with Crippen molar-refractivity contribution in [3.63, 3.8) is 0 Å². The van der Waals surface area contributed by atoms with Crippen molar-refractivity contribution in [2.24, 2.45) is 0 Å². The largest absolute Gasteiger partial charge is 0.399 e. The average molecular weight is 294 g/mol. The van der Waals surface area contributed by atoms with Gasteiger partial charge in [0.15, 0.2) is 5.78 Å². The molecular weight excluding hydrogens is 281 g/mol. The Hall–Kier alpha value is -1.14. The van der Waals surface area contributed by atoms with Crippen molar-refractivity contribution in [2.45, 2.75) is 18.5 Å². The number of ketones is 1. The summed E-state index contributed by atoms with van der Waals surface area (Å²) in [4.78, 5) is 28.0. The molecular formula is C11H13F2O5P. The maximum Gasteiger partial charge on any atom is 0.399 e. The zero-order chi connectivity index (χ0) is 14.7. The fourth-order valence-electron chi connectivity index (χ4n) is 1.40. The van der Waals surface area contributed by atoms with Gasteiger partial charge in [0.1, 0.15) is 6.61 Å². The molecule has 1 rings (SSSR count). The second kappa shape index (κ2) is 5.88. The number of halogens is 2. The van der Waals surface area contributed by atoms with E-state index in [1.54, 1.807) is 0 Å². The lowest BCUT2D eigenvalue weighted by atomic mass is 10.1. The van der Waals surface area contributed by atoms with Gasteiger partial charge in [-0.15, -0.1) is 0 Å². The summed E-state index contributed by atoms with van der Waals surface area (Å²) in [6.07, 6.45) is 0.339. The van der Waals surface area contributed by atoms with Crippen molar-refractivity contribution < 1.29 is 33.0 Å². The number of rotatable bonds is 6. The zero-order valence-corrected chi connectivity index (χ0v) is 10.7. The molecule has 0 aliphatic carbocycles. The first-order chi connectivity index (χ1) is 8.68. The Bertz CT molecular complexity index is 494. The van der Waals surface area contributed by atoms with E-state index < -0.39 is 25.4 Å². The van der Waals surface area contributed by atoms with Gasteiger partial charge in [-0.1, -0.05) is 24.3 Å². The lowest BCUT2D eigenvalue weighted by molar-refractivity contribution is -0.121. The minimum atomic E-state index is -5.56. The fraction of sp³-hybridized carbons (Fsp3) is 0.364. The first-order valence-electron chi connectivity index (χ1n) is 5.34. The summed E-state index contributed by atoms with van der Waals surface area (Å²) in [5, 5.41) is 8.52. The smallest absolute Gasteiger partial charge is 0.389 e. The molecule has 3 N–H and O–H groups in total. The van der Waals surface area contributed by atoms with Gasteiger partial charge in [0, 0.05) is 12.0 Å². The van der Waals surface area contributed by atoms with Gasteiger partial charge < -0.3 is 14.9 Å². The van der Waals surface area contributed by atoms with Gasteiger partial charge >= 0.3 is 13.3 Å². The molecule has 106 valence electrons. The summed E-state index contributed by atoms with van der Waals surface area (Å²) in [5.74, 6) is -0.371. The molecule has 0 amide bonds. The van der Waals surface area contributed by atoms with Crippen LogP contribution in [0.1, 0.15) is 17.5 Å². The van der Waals surface area contributed by atoms with E-state index in [-0.39, 0.29) is 18.6 Å². The Kier molecular flexibility index (Phi) is 4.92. The second-order valence-electron chi connectivity index (χ2n) is 3.98. The Balaban J connectivity index is 2.82. The van der Waals surface area contributed by atoms with Crippen LogP contribution in [0, 0.1) is 0 Å². The number of benzene rings is 1. The number of carbonyl (C=O) groups is 1. The van der Waals surface area contributed by atoms with Crippen molar-refractivity contribution in [3.05, 3.63) is 35.4 Å². The molecule has 0 bridgehead atoms. The van der Waals surface area contributed by atoms with Gasteiger partial charge in [-0.2, -0.15) is 8.78 Å². The molecule has 5 nitrogen and oxygen atoms in total. The summed E-state index contributed by atoms with van der Waals surface area (Å²) >= 11 is 0. The standard InChI is InChI=1S/C11H13F2O5P/c12-11(13,19(16,17)18)9-4-1-8(2-5-9)3-6-10(15)7-14/h1-2,4-5,14H,3,6-7H2,(H2,16,17,18). The Morgan fingerprint density at radius 2 is 1.74 bits per heavy atom. The van der Waals surface area contributed by atoms with Crippen LogP contribution in [-0.2, 0) is 21.4 Å². The van der Waals surface area contributed by atoms with Crippen molar-refractivity contribution in [1.82, 2.24) is 0 Å². The number of aliphatic hydroxyl groups is 1.